The quantitative estimate of drug-likeness (QED) is 0.319. The number of halogens is 1. The second-order valence-corrected chi connectivity index (χ2v) is 13.4. The topological polar surface area (TPSA) is 173 Å². The third-order valence-electron chi connectivity index (χ3n) is 8.63. The van der Waals surface area contributed by atoms with E-state index in [1.54, 1.807) is 17.2 Å². The number of nitrogens with one attached hydrogen (secondary N) is 3. The Morgan fingerprint density at radius 2 is 1.79 bits per heavy atom. The summed E-state index contributed by atoms with van der Waals surface area (Å²) in [5.41, 5.74) is 6.92. The van der Waals surface area contributed by atoms with Gasteiger partial charge in [0.05, 0.1) is 11.6 Å². The summed E-state index contributed by atoms with van der Waals surface area (Å²) in [7, 11) is 0. The van der Waals surface area contributed by atoms with Crippen LogP contribution in [0.25, 0.3) is 0 Å². The van der Waals surface area contributed by atoms with Gasteiger partial charge in [-0.05, 0) is 37.7 Å². The maximum absolute atomic E-state index is 13.6. The Bertz CT molecular complexity index is 1550. The van der Waals surface area contributed by atoms with E-state index in [4.69, 9.17) is 10.2 Å². The van der Waals surface area contributed by atoms with E-state index in [1.165, 1.54) is 11.3 Å². The molecule has 0 saturated heterocycles. The van der Waals surface area contributed by atoms with Crippen LogP contribution in [0.15, 0.2) is 40.1 Å². The number of oxazole rings is 1. The predicted octanol–water partition coefficient (Wildman–Crippen LogP) is 4.01. The van der Waals surface area contributed by atoms with Gasteiger partial charge >= 0.3 is 0 Å². The van der Waals surface area contributed by atoms with Crippen LogP contribution in [0.4, 0.5) is 0 Å². The van der Waals surface area contributed by atoms with Gasteiger partial charge in [0.15, 0.2) is 5.69 Å². The second-order valence-electron chi connectivity index (χ2n) is 12.5. The fourth-order valence-corrected chi connectivity index (χ4v) is 7.05. The molecule has 0 unspecified atom stereocenters. The van der Waals surface area contributed by atoms with Crippen molar-refractivity contribution in [2.24, 2.45) is 11.7 Å². The van der Waals surface area contributed by atoms with Gasteiger partial charge in [-0.2, -0.15) is 0 Å². The lowest BCUT2D eigenvalue weighted by atomic mass is 9.97. The molecule has 5 N–H and O–H groups in total. The van der Waals surface area contributed by atoms with Crippen LogP contribution >= 0.6 is 23.7 Å². The Morgan fingerprint density at radius 1 is 1.06 bits per heavy atom. The van der Waals surface area contributed by atoms with Gasteiger partial charge in [0.25, 0.3) is 11.8 Å². The van der Waals surface area contributed by atoms with Gasteiger partial charge in [0.1, 0.15) is 22.5 Å². The lowest BCUT2D eigenvalue weighted by molar-refractivity contribution is -0.137. The number of thiazole rings is 1. The largest absolute Gasteiger partial charge is 0.443 e. The van der Waals surface area contributed by atoms with Gasteiger partial charge in [0.2, 0.25) is 17.7 Å². The summed E-state index contributed by atoms with van der Waals surface area (Å²) in [5.74, 6) is -0.688. The monoisotopic (exact) mass is 685 g/mol. The molecular formula is C33H44ClN7O5S. The van der Waals surface area contributed by atoms with Gasteiger partial charge in [-0.1, -0.05) is 57.0 Å². The number of amides is 4. The number of aromatic nitrogens is 2. The minimum absolute atomic E-state index is 0. The third-order valence-corrected chi connectivity index (χ3v) is 9.55. The van der Waals surface area contributed by atoms with Crippen LogP contribution in [0.2, 0.25) is 0 Å². The molecule has 254 valence electrons. The number of nitrogens with two attached hydrogens (primary N) is 1. The minimum Gasteiger partial charge on any atom is -0.443 e. The van der Waals surface area contributed by atoms with Crippen molar-refractivity contribution < 1.29 is 23.6 Å². The molecule has 2 aliphatic rings. The average Bonchev–Trinajstić information content (AvgIpc) is 3.79. The Balaban J connectivity index is 0.00000500. The SMILES string of the molecule is Cc1oc2nc1C(=O)N[C@@H](C(C)C)c1nc(cs1)C(=O)NCCN(C(=O)C1(N)CCCC1)CCCC(=O)N[C@H]2Cc1ccccc1.Cl. The number of benzene rings is 1. The van der Waals surface area contributed by atoms with E-state index >= 15 is 0 Å². The van der Waals surface area contributed by atoms with Crippen LogP contribution < -0.4 is 21.7 Å². The molecular weight excluding hydrogens is 642 g/mol. The Labute approximate surface area is 285 Å². The van der Waals surface area contributed by atoms with E-state index in [2.05, 4.69) is 25.9 Å². The highest BCUT2D eigenvalue weighted by Crippen LogP contribution is 2.30. The van der Waals surface area contributed by atoms with Crippen LogP contribution in [0, 0.1) is 12.8 Å². The van der Waals surface area contributed by atoms with Crippen LogP contribution in [0.5, 0.6) is 0 Å². The van der Waals surface area contributed by atoms with E-state index < -0.39 is 23.5 Å². The summed E-state index contributed by atoms with van der Waals surface area (Å²) < 4.78 is 6.00. The van der Waals surface area contributed by atoms with Crippen LogP contribution in [0.1, 0.15) is 108 Å². The van der Waals surface area contributed by atoms with Gasteiger partial charge < -0.3 is 31.0 Å². The first-order valence-electron chi connectivity index (χ1n) is 16.0. The normalized spacial score (nSPS) is 21.0. The highest BCUT2D eigenvalue weighted by molar-refractivity contribution is 7.09. The van der Waals surface area contributed by atoms with Crippen LogP contribution in [-0.2, 0) is 16.0 Å². The van der Waals surface area contributed by atoms with E-state index in [9.17, 15) is 19.2 Å². The predicted molar refractivity (Wildman–Crippen MR) is 180 cm³/mol. The zero-order valence-corrected chi connectivity index (χ0v) is 28.7. The Kier molecular flexibility index (Phi) is 12.2. The first-order chi connectivity index (χ1) is 22.0. The fraction of sp³-hybridized carbons (Fsp3) is 0.515. The molecule has 1 aromatic carbocycles. The van der Waals surface area contributed by atoms with Crippen molar-refractivity contribution in [3.8, 4) is 0 Å². The molecule has 47 heavy (non-hydrogen) atoms. The maximum atomic E-state index is 13.6. The number of nitrogens with zero attached hydrogens (tertiary/aromatic N) is 3. The van der Waals surface area contributed by atoms with Gasteiger partial charge in [0, 0.05) is 37.9 Å². The van der Waals surface area contributed by atoms with Gasteiger partial charge in [-0.25, -0.2) is 9.97 Å². The van der Waals surface area contributed by atoms with Crippen molar-refractivity contribution in [2.75, 3.05) is 19.6 Å². The molecule has 12 nitrogen and oxygen atoms in total. The molecule has 4 bridgehead atoms. The first kappa shape index (κ1) is 36.0. The molecule has 2 atom stereocenters. The zero-order chi connectivity index (χ0) is 32.8. The van der Waals surface area contributed by atoms with Crippen molar-refractivity contribution in [1.82, 2.24) is 30.8 Å². The van der Waals surface area contributed by atoms with Crippen LogP contribution in [0.3, 0.4) is 0 Å². The maximum Gasteiger partial charge on any atom is 0.274 e. The highest BCUT2D eigenvalue weighted by Gasteiger charge is 2.40. The molecule has 0 radical (unpaired) electrons. The molecule has 1 aliphatic carbocycles. The number of hydrogen-bond acceptors (Lipinski definition) is 9. The molecule has 4 amide bonds. The lowest BCUT2D eigenvalue weighted by Gasteiger charge is -2.31. The van der Waals surface area contributed by atoms with Crippen molar-refractivity contribution in [3.05, 3.63) is 69.3 Å². The summed E-state index contributed by atoms with van der Waals surface area (Å²) in [6, 6.07) is 8.56. The molecule has 1 fully saturated rings. The number of fused-ring (bicyclic) bond motifs is 4. The van der Waals surface area contributed by atoms with E-state index in [-0.39, 0.29) is 72.8 Å². The lowest BCUT2D eigenvalue weighted by Crippen LogP contribution is -2.55. The van der Waals surface area contributed by atoms with Crippen molar-refractivity contribution >= 4 is 47.4 Å². The van der Waals surface area contributed by atoms with Crippen molar-refractivity contribution in [2.45, 2.75) is 83.3 Å². The minimum atomic E-state index is -0.929. The molecule has 3 aromatic rings. The smallest absolute Gasteiger partial charge is 0.274 e. The Morgan fingerprint density at radius 3 is 2.49 bits per heavy atom. The number of rotatable bonds is 4. The molecule has 0 spiro atoms. The van der Waals surface area contributed by atoms with Crippen molar-refractivity contribution in [1.29, 1.82) is 0 Å². The average molecular weight is 686 g/mol. The van der Waals surface area contributed by atoms with Crippen LogP contribution in [-0.4, -0.2) is 63.7 Å². The fourth-order valence-electron chi connectivity index (χ4n) is 6.03. The molecule has 2 aromatic heterocycles. The summed E-state index contributed by atoms with van der Waals surface area (Å²) in [6.07, 6.45) is 3.96. The molecule has 14 heteroatoms. The summed E-state index contributed by atoms with van der Waals surface area (Å²) >= 11 is 1.29. The molecule has 1 aliphatic heterocycles. The number of carbonyl (C=O) groups is 4. The number of carbonyl (C=O) groups excluding carboxylic acids is 4. The second kappa shape index (κ2) is 15.9. The third kappa shape index (κ3) is 8.76. The standard InChI is InChI=1S/C33H43N7O5S.ClH/c1-20(2)26-31-37-24(19-46-31)28(42)35-15-17-40(32(44)33(34)13-7-8-14-33)16-9-12-25(41)36-23(18-22-10-5-4-6-11-22)30-39-27(21(3)45-30)29(43)38-26;/h4-6,10-11,19-20,23,26H,7-9,12-18,34H2,1-3H3,(H,35,42)(H,36,41)(H,38,43);1H/t23-,26-;/m0./s1. The number of aryl methyl sites for hydroxylation is 1. The van der Waals surface area contributed by atoms with E-state index in [0.717, 1.165) is 18.4 Å². The van der Waals surface area contributed by atoms with Gasteiger partial charge in [-0.15, -0.1) is 23.7 Å². The molecule has 1 saturated carbocycles. The number of hydrogen-bond donors (Lipinski definition) is 4. The summed E-state index contributed by atoms with van der Waals surface area (Å²) in [5, 5.41) is 11.2. The van der Waals surface area contributed by atoms with E-state index in [0.29, 0.717) is 43.0 Å². The van der Waals surface area contributed by atoms with Gasteiger partial charge in [-0.3, -0.25) is 19.2 Å². The molecule has 5 rings (SSSR count). The highest BCUT2D eigenvalue weighted by atomic mass is 35.5. The Hall–Kier alpha value is -3.81. The van der Waals surface area contributed by atoms with E-state index in [1.807, 2.05) is 44.2 Å². The van der Waals surface area contributed by atoms with Crippen molar-refractivity contribution in [3.63, 3.8) is 0 Å². The summed E-state index contributed by atoms with van der Waals surface area (Å²) in [4.78, 5) is 64.2. The summed E-state index contributed by atoms with van der Waals surface area (Å²) in [6.45, 7) is 6.34. The molecule has 3 heterocycles. The first-order valence-corrected chi connectivity index (χ1v) is 16.9. The zero-order valence-electron chi connectivity index (χ0n) is 27.0.